The Morgan fingerprint density at radius 3 is 2.27 bits per heavy atom. The van der Waals surface area contributed by atoms with Crippen LogP contribution in [0.15, 0.2) is 13.6 Å². The minimum absolute atomic E-state index is 0.0256. The summed E-state index contributed by atoms with van der Waals surface area (Å²) in [5, 5.41) is 0. The molecule has 26 heavy (non-hydrogen) atoms. The first-order valence-corrected chi connectivity index (χ1v) is 9.55. The molecule has 6 heteroatoms. The van der Waals surface area contributed by atoms with Crippen LogP contribution >= 0.6 is 0 Å². The molecule has 1 unspecified atom stereocenters. The second-order valence-corrected chi connectivity index (χ2v) is 8.51. The molecule has 0 aromatic carbocycles. The molecule has 6 nitrogen and oxygen atoms in total. The van der Waals surface area contributed by atoms with Gasteiger partial charge in [-0.2, -0.15) is 0 Å². The minimum atomic E-state index is -0.639. The molecule has 1 fully saturated rings. The monoisotopic (exact) mass is 368 g/mol. The van der Waals surface area contributed by atoms with Gasteiger partial charge in [0.2, 0.25) is 0 Å². The fourth-order valence-corrected chi connectivity index (χ4v) is 3.51. The summed E-state index contributed by atoms with van der Waals surface area (Å²) in [5.74, 6) is 1.28. The van der Waals surface area contributed by atoms with Crippen LogP contribution in [0.1, 0.15) is 71.8 Å². The number of aryl methyl sites for hydroxylation is 1. The highest BCUT2D eigenvalue weighted by molar-refractivity contribution is 5.60. The first-order chi connectivity index (χ1) is 12.1. The van der Waals surface area contributed by atoms with Gasteiger partial charge >= 0.3 is 12.0 Å². The van der Waals surface area contributed by atoms with Crippen LogP contribution in [0.2, 0.25) is 0 Å². The zero-order valence-corrected chi connectivity index (χ0v) is 16.8. The first-order valence-electron chi connectivity index (χ1n) is 9.55. The van der Waals surface area contributed by atoms with Gasteiger partial charge in [-0.15, -0.1) is 0 Å². The van der Waals surface area contributed by atoms with Crippen molar-refractivity contribution in [2.45, 2.75) is 85.9 Å². The molecule has 0 aliphatic heterocycles. The lowest BCUT2D eigenvalue weighted by atomic mass is 9.68. The summed E-state index contributed by atoms with van der Waals surface area (Å²) in [6.45, 7) is 12.0. The van der Waals surface area contributed by atoms with Crippen molar-refractivity contribution in [1.82, 2.24) is 0 Å². The highest BCUT2D eigenvalue weighted by atomic mass is 16.7. The standard InChI is InChI=1S/C20H32O6/c1-12(2)13(3)23-18(21)25-16-9-7-15(8-10-16)20(5,6)11-17-14(4)24-19(22)26-17/h12-13,15-16H,7-11H2,1-6H3. The molecule has 1 aromatic rings. The molecule has 1 atom stereocenters. The Kier molecular flexibility index (Phi) is 6.58. The Morgan fingerprint density at radius 2 is 1.77 bits per heavy atom. The SMILES string of the molecule is Cc1oc(=O)oc1CC(C)(C)C1CCC(OC(=O)OC(C)C(C)C)CC1. The molecule has 1 aliphatic carbocycles. The van der Waals surface area contributed by atoms with Gasteiger partial charge in [-0.1, -0.05) is 27.7 Å². The Balaban J connectivity index is 1.84. The van der Waals surface area contributed by atoms with Crippen molar-refractivity contribution in [3.05, 3.63) is 22.1 Å². The van der Waals surface area contributed by atoms with Gasteiger partial charge in [0.25, 0.3) is 0 Å². The maximum absolute atomic E-state index is 11.9. The van der Waals surface area contributed by atoms with Crippen LogP contribution in [-0.2, 0) is 15.9 Å². The van der Waals surface area contributed by atoms with Gasteiger partial charge in [0.1, 0.15) is 23.7 Å². The molecular formula is C20H32O6. The molecule has 1 aliphatic rings. The van der Waals surface area contributed by atoms with Crippen molar-refractivity contribution in [2.24, 2.45) is 17.3 Å². The third kappa shape index (κ3) is 5.39. The molecule has 0 bridgehead atoms. The Bertz CT molecular complexity index is 646. The zero-order valence-electron chi connectivity index (χ0n) is 16.8. The number of carbonyl (C=O) groups excluding carboxylic acids is 1. The molecule has 0 radical (unpaired) electrons. The van der Waals surface area contributed by atoms with E-state index in [1.165, 1.54) is 0 Å². The van der Waals surface area contributed by atoms with E-state index in [-0.39, 0.29) is 23.5 Å². The van der Waals surface area contributed by atoms with Crippen molar-refractivity contribution in [3.8, 4) is 0 Å². The van der Waals surface area contributed by atoms with Gasteiger partial charge in [0.15, 0.2) is 0 Å². The van der Waals surface area contributed by atoms with Crippen LogP contribution in [0.4, 0.5) is 4.79 Å². The van der Waals surface area contributed by atoms with E-state index in [9.17, 15) is 9.59 Å². The summed E-state index contributed by atoms with van der Waals surface area (Å²) >= 11 is 0. The second kappa shape index (κ2) is 8.31. The van der Waals surface area contributed by atoms with Crippen LogP contribution in [0, 0.1) is 24.2 Å². The first kappa shape index (κ1) is 20.6. The van der Waals surface area contributed by atoms with Crippen LogP contribution in [-0.4, -0.2) is 18.4 Å². The van der Waals surface area contributed by atoms with Crippen molar-refractivity contribution >= 4 is 6.16 Å². The van der Waals surface area contributed by atoms with Gasteiger partial charge in [-0.3, -0.25) is 0 Å². The van der Waals surface area contributed by atoms with Crippen molar-refractivity contribution in [2.75, 3.05) is 0 Å². The van der Waals surface area contributed by atoms with Crippen molar-refractivity contribution < 1.29 is 23.1 Å². The Hall–Kier alpha value is -1.72. The topological polar surface area (TPSA) is 78.9 Å². The van der Waals surface area contributed by atoms with Crippen LogP contribution < -0.4 is 5.82 Å². The summed E-state index contributed by atoms with van der Waals surface area (Å²) in [5.41, 5.74) is -0.0256. The highest BCUT2D eigenvalue weighted by Crippen LogP contribution is 2.41. The molecule has 1 aromatic heterocycles. The van der Waals surface area contributed by atoms with Crippen LogP contribution in [0.3, 0.4) is 0 Å². The lowest BCUT2D eigenvalue weighted by molar-refractivity contribution is -0.0265. The summed E-state index contributed by atoms with van der Waals surface area (Å²) < 4.78 is 20.9. The maximum Gasteiger partial charge on any atom is 0.519 e. The fraction of sp³-hybridized carbons (Fsp3) is 0.800. The van der Waals surface area contributed by atoms with Gasteiger partial charge in [0.05, 0.1) is 0 Å². The molecular weight excluding hydrogens is 336 g/mol. The number of hydrogen-bond donors (Lipinski definition) is 0. The molecule has 148 valence electrons. The summed E-state index contributed by atoms with van der Waals surface area (Å²) in [7, 11) is 0. The molecule has 0 N–H and O–H groups in total. The molecule has 0 saturated heterocycles. The van der Waals surface area contributed by atoms with E-state index < -0.39 is 12.0 Å². The number of rotatable bonds is 6. The minimum Gasteiger partial charge on any atom is -0.431 e. The average molecular weight is 368 g/mol. The second-order valence-electron chi connectivity index (χ2n) is 8.51. The molecule has 1 heterocycles. The van der Waals surface area contributed by atoms with E-state index in [0.717, 1.165) is 25.7 Å². The lowest BCUT2D eigenvalue weighted by Gasteiger charge is -2.38. The average Bonchev–Trinajstić information content (AvgIpc) is 2.84. The quantitative estimate of drug-likeness (QED) is 0.667. The van der Waals surface area contributed by atoms with Crippen LogP contribution in [0.25, 0.3) is 0 Å². The Morgan fingerprint density at radius 1 is 1.15 bits per heavy atom. The highest BCUT2D eigenvalue weighted by Gasteiger charge is 2.36. The van der Waals surface area contributed by atoms with Gasteiger partial charge < -0.3 is 18.3 Å². The summed E-state index contributed by atoms with van der Waals surface area (Å²) in [4.78, 5) is 23.1. The number of hydrogen-bond acceptors (Lipinski definition) is 6. The maximum atomic E-state index is 11.9. The Labute approximate surface area is 155 Å². The number of carbonyl (C=O) groups is 1. The summed E-state index contributed by atoms with van der Waals surface area (Å²) in [6, 6.07) is 0. The molecule has 0 amide bonds. The largest absolute Gasteiger partial charge is 0.519 e. The molecule has 1 saturated carbocycles. The normalized spacial score (nSPS) is 22.3. The zero-order chi connectivity index (χ0) is 19.5. The van der Waals surface area contributed by atoms with E-state index in [1.54, 1.807) is 6.92 Å². The predicted molar refractivity (Wildman–Crippen MR) is 97.1 cm³/mol. The molecule has 2 rings (SSSR count). The van der Waals surface area contributed by atoms with Crippen LogP contribution in [0.5, 0.6) is 0 Å². The predicted octanol–water partition coefficient (Wildman–Crippen LogP) is 4.87. The smallest absolute Gasteiger partial charge is 0.431 e. The lowest BCUT2D eigenvalue weighted by Crippen LogP contribution is -2.34. The summed E-state index contributed by atoms with van der Waals surface area (Å²) in [6.07, 6.45) is 3.45. The van der Waals surface area contributed by atoms with Gasteiger partial charge in [-0.25, -0.2) is 9.59 Å². The van der Waals surface area contributed by atoms with Crippen molar-refractivity contribution in [1.29, 1.82) is 0 Å². The number of ether oxygens (including phenoxy) is 2. The molecule has 0 spiro atoms. The fourth-order valence-electron chi connectivity index (χ4n) is 3.51. The third-order valence-electron chi connectivity index (χ3n) is 5.72. The van der Waals surface area contributed by atoms with Crippen molar-refractivity contribution in [3.63, 3.8) is 0 Å². The van der Waals surface area contributed by atoms with Gasteiger partial charge in [-0.05, 0) is 56.8 Å². The van der Waals surface area contributed by atoms with E-state index >= 15 is 0 Å². The van der Waals surface area contributed by atoms with E-state index in [2.05, 4.69) is 13.8 Å². The van der Waals surface area contributed by atoms with E-state index in [4.69, 9.17) is 18.3 Å². The van der Waals surface area contributed by atoms with E-state index in [0.29, 0.717) is 23.9 Å². The van der Waals surface area contributed by atoms with E-state index in [1.807, 2.05) is 20.8 Å². The van der Waals surface area contributed by atoms with Gasteiger partial charge in [0, 0.05) is 6.42 Å². The third-order valence-corrected chi connectivity index (χ3v) is 5.72.